The van der Waals surface area contributed by atoms with Gasteiger partial charge in [-0.15, -0.1) is 0 Å². The first kappa shape index (κ1) is 15.2. The molecule has 1 aliphatic carbocycles. The summed E-state index contributed by atoms with van der Waals surface area (Å²) in [5.74, 6) is -0.544. The van der Waals surface area contributed by atoms with Gasteiger partial charge in [-0.2, -0.15) is 13.2 Å². The van der Waals surface area contributed by atoms with Crippen molar-refractivity contribution in [1.82, 2.24) is 5.32 Å². The molecular formula is C11H19F3N2O2. The number of likely N-dealkylation sites (N-methyl/N-ethyl adjacent to an activating group) is 1. The average molecular weight is 268 g/mol. The van der Waals surface area contributed by atoms with Gasteiger partial charge in [0.05, 0.1) is 11.6 Å². The number of nitrogens with one attached hydrogen (secondary N) is 1. The Labute approximate surface area is 104 Å². The Balaban J connectivity index is 2.67. The summed E-state index contributed by atoms with van der Waals surface area (Å²) in [7, 11) is 1.58. The molecule has 1 saturated carbocycles. The van der Waals surface area contributed by atoms with E-state index >= 15 is 0 Å². The molecule has 3 N–H and O–H groups in total. The van der Waals surface area contributed by atoms with Gasteiger partial charge in [-0.1, -0.05) is 0 Å². The zero-order chi connectivity index (χ0) is 14.0. The van der Waals surface area contributed by atoms with Gasteiger partial charge in [0.1, 0.15) is 0 Å². The highest BCUT2D eigenvalue weighted by Crippen LogP contribution is 2.33. The van der Waals surface area contributed by atoms with Crippen molar-refractivity contribution in [3.8, 4) is 0 Å². The monoisotopic (exact) mass is 268 g/mol. The fourth-order valence-corrected chi connectivity index (χ4v) is 2.28. The smallest absolute Gasteiger partial charge is 0.368 e. The predicted molar refractivity (Wildman–Crippen MR) is 59.8 cm³/mol. The molecule has 0 aromatic heterocycles. The SMILES string of the molecule is CNC1(C(N)=O)CCCC(OC(C)C(F)(F)F)C1. The number of hydrogen-bond acceptors (Lipinski definition) is 3. The van der Waals surface area contributed by atoms with E-state index in [0.29, 0.717) is 19.3 Å². The third-order valence-electron chi connectivity index (χ3n) is 3.51. The first-order valence-corrected chi connectivity index (χ1v) is 5.92. The van der Waals surface area contributed by atoms with Crippen molar-refractivity contribution in [2.75, 3.05) is 7.05 Å². The van der Waals surface area contributed by atoms with Crippen LogP contribution >= 0.6 is 0 Å². The van der Waals surface area contributed by atoms with Crippen LogP contribution in [-0.2, 0) is 9.53 Å². The molecule has 18 heavy (non-hydrogen) atoms. The lowest BCUT2D eigenvalue weighted by molar-refractivity contribution is -0.231. The number of nitrogens with two attached hydrogens (primary N) is 1. The second-order valence-electron chi connectivity index (χ2n) is 4.73. The van der Waals surface area contributed by atoms with Crippen LogP contribution in [0.15, 0.2) is 0 Å². The molecule has 1 rings (SSSR count). The summed E-state index contributed by atoms with van der Waals surface area (Å²) >= 11 is 0. The van der Waals surface area contributed by atoms with Gasteiger partial charge >= 0.3 is 6.18 Å². The molecule has 7 heteroatoms. The third kappa shape index (κ3) is 3.35. The second kappa shape index (κ2) is 5.44. The lowest BCUT2D eigenvalue weighted by Gasteiger charge is -2.39. The standard InChI is InChI=1S/C11H19F3N2O2/c1-7(11(12,13)14)18-8-4-3-5-10(6-8,16-2)9(15)17/h7-8,16H,3-6H2,1-2H3,(H2,15,17). The fraction of sp³-hybridized carbons (Fsp3) is 0.909. The first-order valence-electron chi connectivity index (χ1n) is 5.92. The van der Waals surface area contributed by atoms with E-state index in [1.165, 1.54) is 0 Å². The molecule has 0 bridgehead atoms. The Kier molecular flexibility index (Phi) is 4.61. The Bertz CT molecular complexity index is 309. The van der Waals surface area contributed by atoms with Crippen molar-refractivity contribution >= 4 is 5.91 Å². The zero-order valence-electron chi connectivity index (χ0n) is 10.5. The molecule has 1 aliphatic rings. The molecule has 0 radical (unpaired) electrons. The van der Waals surface area contributed by atoms with Gasteiger partial charge in [0.15, 0.2) is 6.10 Å². The highest BCUT2D eigenvalue weighted by Gasteiger charge is 2.44. The summed E-state index contributed by atoms with van der Waals surface area (Å²) in [5, 5.41) is 2.82. The van der Waals surface area contributed by atoms with E-state index in [9.17, 15) is 18.0 Å². The molecule has 1 amide bonds. The van der Waals surface area contributed by atoms with E-state index in [1.54, 1.807) is 7.05 Å². The van der Waals surface area contributed by atoms with Crippen LogP contribution in [-0.4, -0.2) is 36.9 Å². The Morgan fingerprint density at radius 3 is 2.61 bits per heavy atom. The topological polar surface area (TPSA) is 64.3 Å². The highest BCUT2D eigenvalue weighted by atomic mass is 19.4. The third-order valence-corrected chi connectivity index (χ3v) is 3.51. The van der Waals surface area contributed by atoms with Gasteiger partial charge < -0.3 is 15.8 Å². The van der Waals surface area contributed by atoms with Crippen molar-refractivity contribution in [2.24, 2.45) is 5.73 Å². The minimum absolute atomic E-state index is 0.180. The second-order valence-corrected chi connectivity index (χ2v) is 4.73. The first-order chi connectivity index (χ1) is 8.21. The van der Waals surface area contributed by atoms with E-state index in [0.717, 1.165) is 6.92 Å². The molecule has 4 nitrogen and oxygen atoms in total. The number of alkyl halides is 3. The van der Waals surface area contributed by atoms with Crippen LogP contribution in [0.25, 0.3) is 0 Å². The van der Waals surface area contributed by atoms with Gasteiger partial charge in [-0.3, -0.25) is 4.79 Å². The van der Waals surface area contributed by atoms with Crippen LogP contribution in [0.4, 0.5) is 13.2 Å². The molecule has 3 unspecified atom stereocenters. The van der Waals surface area contributed by atoms with Crippen molar-refractivity contribution in [3.05, 3.63) is 0 Å². The summed E-state index contributed by atoms with van der Waals surface area (Å²) < 4.78 is 42.2. The van der Waals surface area contributed by atoms with Gasteiger partial charge in [0.25, 0.3) is 0 Å². The lowest BCUT2D eigenvalue weighted by atomic mass is 9.79. The Morgan fingerprint density at radius 1 is 1.56 bits per heavy atom. The van der Waals surface area contributed by atoms with E-state index in [4.69, 9.17) is 10.5 Å². The zero-order valence-corrected chi connectivity index (χ0v) is 10.5. The van der Waals surface area contributed by atoms with Crippen LogP contribution in [0, 0.1) is 0 Å². The van der Waals surface area contributed by atoms with Gasteiger partial charge in [-0.25, -0.2) is 0 Å². The molecule has 0 heterocycles. The van der Waals surface area contributed by atoms with E-state index in [2.05, 4.69) is 5.32 Å². The quantitative estimate of drug-likeness (QED) is 0.808. The highest BCUT2D eigenvalue weighted by molar-refractivity contribution is 5.84. The number of hydrogen-bond donors (Lipinski definition) is 2. The predicted octanol–water partition coefficient (Wildman–Crippen LogP) is 1.34. The lowest BCUT2D eigenvalue weighted by Crippen LogP contribution is -2.58. The molecule has 0 spiro atoms. The number of rotatable bonds is 4. The maximum absolute atomic E-state index is 12.4. The molecule has 3 atom stereocenters. The number of amides is 1. The summed E-state index contributed by atoms with van der Waals surface area (Å²) in [5.41, 5.74) is 4.36. The number of halogens is 3. The molecule has 0 aliphatic heterocycles. The van der Waals surface area contributed by atoms with Crippen molar-refractivity contribution < 1.29 is 22.7 Å². The summed E-state index contributed by atoms with van der Waals surface area (Å²) in [6.07, 6.45) is -4.99. The largest absolute Gasteiger partial charge is 0.414 e. The van der Waals surface area contributed by atoms with Crippen LogP contribution in [0.3, 0.4) is 0 Å². The molecular weight excluding hydrogens is 249 g/mol. The number of ether oxygens (including phenoxy) is 1. The number of carbonyl (C=O) groups is 1. The van der Waals surface area contributed by atoms with Crippen LogP contribution in [0.5, 0.6) is 0 Å². The van der Waals surface area contributed by atoms with Crippen molar-refractivity contribution in [1.29, 1.82) is 0 Å². The number of primary amides is 1. The van der Waals surface area contributed by atoms with Crippen LogP contribution < -0.4 is 11.1 Å². The maximum atomic E-state index is 12.4. The normalized spacial score (nSPS) is 31.1. The molecule has 106 valence electrons. The van der Waals surface area contributed by atoms with E-state index in [1.807, 2.05) is 0 Å². The van der Waals surface area contributed by atoms with E-state index in [-0.39, 0.29) is 6.42 Å². The van der Waals surface area contributed by atoms with Gasteiger partial charge in [0, 0.05) is 6.42 Å². The van der Waals surface area contributed by atoms with Crippen LogP contribution in [0.2, 0.25) is 0 Å². The number of carbonyl (C=O) groups excluding carboxylic acids is 1. The average Bonchev–Trinajstić information content (AvgIpc) is 2.27. The van der Waals surface area contributed by atoms with Gasteiger partial charge in [-0.05, 0) is 33.2 Å². The van der Waals surface area contributed by atoms with Crippen molar-refractivity contribution in [3.63, 3.8) is 0 Å². The molecule has 1 fully saturated rings. The van der Waals surface area contributed by atoms with E-state index < -0.39 is 29.8 Å². The summed E-state index contributed by atoms with van der Waals surface area (Å²) in [4.78, 5) is 11.4. The van der Waals surface area contributed by atoms with Crippen molar-refractivity contribution in [2.45, 2.75) is 56.5 Å². The summed E-state index contributed by atoms with van der Waals surface area (Å²) in [6, 6.07) is 0. The minimum atomic E-state index is -4.38. The molecule has 0 saturated heterocycles. The van der Waals surface area contributed by atoms with Gasteiger partial charge in [0.2, 0.25) is 5.91 Å². The molecule has 0 aromatic carbocycles. The minimum Gasteiger partial charge on any atom is -0.368 e. The Hall–Kier alpha value is -0.820. The maximum Gasteiger partial charge on any atom is 0.414 e. The van der Waals surface area contributed by atoms with Crippen LogP contribution in [0.1, 0.15) is 32.6 Å². The summed E-state index contributed by atoms with van der Waals surface area (Å²) in [6.45, 7) is 0.972. The Morgan fingerprint density at radius 2 is 2.17 bits per heavy atom. The fourth-order valence-electron chi connectivity index (χ4n) is 2.28. The molecule has 0 aromatic rings.